The number of aromatic amines is 1. The van der Waals surface area contributed by atoms with Crippen molar-refractivity contribution in [2.24, 2.45) is 0 Å². The molecular formula is C21H20N4O3S2. The van der Waals surface area contributed by atoms with Crippen LogP contribution < -0.4 is 5.32 Å². The number of aryl methyl sites for hydroxylation is 1. The molecule has 0 saturated heterocycles. The Morgan fingerprint density at radius 2 is 2.10 bits per heavy atom. The van der Waals surface area contributed by atoms with Crippen molar-refractivity contribution in [3.05, 3.63) is 53.3 Å². The van der Waals surface area contributed by atoms with Gasteiger partial charge in [0.15, 0.2) is 0 Å². The topological polar surface area (TPSA) is 108 Å². The van der Waals surface area contributed by atoms with Crippen LogP contribution in [0.25, 0.3) is 21.1 Å². The first-order valence-corrected chi connectivity index (χ1v) is 11.3. The number of hydrogen-bond donors (Lipinski definition) is 3. The highest BCUT2D eigenvalue weighted by Gasteiger charge is 2.22. The summed E-state index contributed by atoms with van der Waals surface area (Å²) in [5, 5.41) is 14.9. The molecule has 3 N–H and O–H groups in total. The van der Waals surface area contributed by atoms with Crippen LogP contribution in [0.1, 0.15) is 17.4 Å². The fourth-order valence-corrected chi connectivity index (χ4v) is 5.05. The van der Waals surface area contributed by atoms with E-state index in [1.807, 2.05) is 24.3 Å². The minimum absolute atomic E-state index is 0.0844. The van der Waals surface area contributed by atoms with Crippen LogP contribution in [0.3, 0.4) is 0 Å². The monoisotopic (exact) mass is 440 g/mol. The molecule has 1 amide bonds. The second-order valence-corrected chi connectivity index (χ2v) is 8.85. The maximum absolute atomic E-state index is 12.5. The molecule has 0 aliphatic rings. The van der Waals surface area contributed by atoms with E-state index in [0.717, 1.165) is 38.1 Å². The number of carboxylic acids is 1. The number of hydrogen-bond acceptors (Lipinski definition) is 6. The molecule has 3 aromatic heterocycles. The van der Waals surface area contributed by atoms with Gasteiger partial charge in [0.1, 0.15) is 22.2 Å². The first-order valence-electron chi connectivity index (χ1n) is 9.48. The molecule has 1 unspecified atom stereocenters. The maximum Gasteiger partial charge on any atom is 0.326 e. The molecule has 154 valence electrons. The van der Waals surface area contributed by atoms with E-state index < -0.39 is 12.0 Å². The maximum atomic E-state index is 12.5. The van der Waals surface area contributed by atoms with Gasteiger partial charge in [0, 0.05) is 33.8 Å². The Morgan fingerprint density at radius 3 is 2.90 bits per heavy atom. The molecule has 0 radical (unpaired) electrons. The van der Waals surface area contributed by atoms with Crippen molar-refractivity contribution in [1.82, 2.24) is 20.3 Å². The van der Waals surface area contributed by atoms with Crippen LogP contribution in [0.15, 0.2) is 47.9 Å². The summed E-state index contributed by atoms with van der Waals surface area (Å²) in [5.74, 6) is -1.32. The van der Waals surface area contributed by atoms with Crippen molar-refractivity contribution in [2.75, 3.05) is 5.75 Å². The van der Waals surface area contributed by atoms with Gasteiger partial charge >= 0.3 is 5.97 Å². The standard InChI is InChI=1S/C21H20N4O3S2/c1-2-13-8-15-19(23-11-24-20(15)30-13)29-10-18(26)25-17(21(27)28)7-12-9-22-16-6-4-3-5-14(12)16/h3-6,8-9,11,17,22H,2,7,10H2,1H3,(H,25,26)(H,27,28). The van der Waals surface area contributed by atoms with Gasteiger partial charge < -0.3 is 15.4 Å². The van der Waals surface area contributed by atoms with Crippen LogP contribution in [-0.2, 0) is 22.4 Å². The van der Waals surface area contributed by atoms with Crippen LogP contribution in [0.5, 0.6) is 0 Å². The Hall–Kier alpha value is -2.91. The van der Waals surface area contributed by atoms with Crippen molar-refractivity contribution in [3.63, 3.8) is 0 Å². The van der Waals surface area contributed by atoms with Gasteiger partial charge in [0.05, 0.1) is 5.75 Å². The second-order valence-electron chi connectivity index (χ2n) is 6.77. The quantitative estimate of drug-likeness (QED) is 0.285. The van der Waals surface area contributed by atoms with Crippen LogP contribution in [0.4, 0.5) is 0 Å². The van der Waals surface area contributed by atoms with Gasteiger partial charge in [-0.1, -0.05) is 36.9 Å². The van der Waals surface area contributed by atoms with E-state index >= 15 is 0 Å². The highest BCUT2D eigenvalue weighted by atomic mass is 32.2. The van der Waals surface area contributed by atoms with Gasteiger partial charge in [-0.25, -0.2) is 14.8 Å². The summed E-state index contributed by atoms with van der Waals surface area (Å²) >= 11 is 2.91. The van der Waals surface area contributed by atoms with Crippen molar-refractivity contribution < 1.29 is 14.7 Å². The van der Waals surface area contributed by atoms with E-state index in [4.69, 9.17) is 0 Å². The zero-order valence-electron chi connectivity index (χ0n) is 16.2. The number of aliphatic carboxylic acids is 1. The number of para-hydroxylation sites is 1. The summed E-state index contributed by atoms with van der Waals surface area (Å²) in [7, 11) is 0. The van der Waals surface area contributed by atoms with Gasteiger partial charge in [0.25, 0.3) is 0 Å². The Balaban J connectivity index is 1.43. The van der Waals surface area contributed by atoms with E-state index in [-0.39, 0.29) is 18.1 Å². The molecule has 0 aliphatic heterocycles. The van der Waals surface area contributed by atoms with Crippen LogP contribution in [0, 0.1) is 0 Å². The van der Waals surface area contributed by atoms with E-state index in [1.165, 1.54) is 23.0 Å². The van der Waals surface area contributed by atoms with E-state index in [2.05, 4.69) is 33.3 Å². The zero-order chi connectivity index (χ0) is 21.1. The first kappa shape index (κ1) is 20.4. The molecule has 0 bridgehead atoms. The lowest BCUT2D eigenvalue weighted by Gasteiger charge is -2.14. The number of carbonyl (C=O) groups excluding carboxylic acids is 1. The fraction of sp³-hybridized carbons (Fsp3) is 0.238. The number of amides is 1. The molecule has 0 spiro atoms. The number of H-pyrrole nitrogens is 1. The Labute approximate surface area is 180 Å². The van der Waals surface area contributed by atoms with Gasteiger partial charge in [-0.05, 0) is 24.1 Å². The van der Waals surface area contributed by atoms with E-state index in [0.29, 0.717) is 0 Å². The summed E-state index contributed by atoms with van der Waals surface area (Å²) < 4.78 is 0. The minimum Gasteiger partial charge on any atom is -0.480 e. The van der Waals surface area contributed by atoms with E-state index in [1.54, 1.807) is 17.5 Å². The third-order valence-electron chi connectivity index (χ3n) is 4.76. The molecule has 1 atom stereocenters. The molecule has 7 nitrogen and oxygen atoms in total. The van der Waals surface area contributed by atoms with Crippen molar-refractivity contribution >= 4 is 56.1 Å². The minimum atomic E-state index is -1.06. The number of thioether (sulfide) groups is 1. The summed E-state index contributed by atoms with van der Waals surface area (Å²) in [5.41, 5.74) is 1.79. The predicted octanol–water partition coefficient (Wildman–Crippen LogP) is 3.64. The lowest BCUT2D eigenvalue weighted by Crippen LogP contribution is -2.43. The molecule has 30 heavy (non-hydrogen) atoms. The number of nitrogens with one attached hydrogen (secondary N) is 2. The number of benzene rings is 1. The average molecular weight is 441 g/mol. The van der Waals surface area contributed by atoms with Crippen molar-refractivity contribution in [1.29, 1.82) is 0 Å². The molecule has 0 saturated carbocycles. The van der Waals surface area contributed by atoms with Gasteiger partial charge in [-0.15, -0.1) is 11.3 Å². The smallest absolute Gasteiger partial charge is 0.326 e. The molecule has 1 aromatic carbocycles. The number of carboxylic acid groups (broad SMARTS) is 1. The van der Waals surface area contributed by atoms with Crippen LogP contribution in [-0.4, -0.2) is 43.7 Å². The van der Waals surface area contributed by atoms with Crippen molar-refractivity contribution in [2.45, 2.75) is 30.8 Å². The van der Waals surface area contributed by atoms with Gasteiger partial charge in [-0.3, -0.25) is 4.79 Å². The largest absolute Gasteiger partial charge is 0.480 e. The summed E-state index contributed by atoms with van der Waals surface area (Å²) in [6, 6.07) is 8.73. The molecular weight excluding hydrogens is 420 g/mol. The van der Waals surface area contributed by atoms with Crippen LogP contribution >= 0.6 is 23.1 Å². The summed E-state index contributed by atoms with van der Waals surface area (Å²) in [6.45, 7) is 2.08. The van der Waals surface area contributed by atoms with Gasteiger partial charge in [-0.2, -0.15) is 0 Å². The van der Waals surface area contributed by atoms with Crippen molar-refractivity contribution in [3.8, 4) is 0 Å². The number of thiophene rings is 1. The molecule has 0 aliphatic carbocycles. The number of carbonyl (C=O) groups is 2. The number of rotatable bonds is 8. The third kappa shape index (κ3) is 4.31. The number of nitrogens with zero attached hydrogens (tertiary/aromatic N) is 2. The normalized spacial score (nSPS) is 12.3. The summed E-state index contributed by atoms with van der Waals surface area (Å²) in [6.07, 6.45) is 4.41. The molecule has 0 fully saturated rings. The molecule has 4 rings (SSSR count). The predicted molar refractivity (Wildman–Crippen MR) is 119 cm³/mol. The number of aromatic nitrogens is 3. The number of fused-ring (bicyclic) bond motifs is 2. The Kier molecular flexibility index (Phi) is 6.01. The lowest BCUT2D eigenvalue weighted by molar-refractivity contribution is -0.141. The Morgan fingerprint density at radius 1 is 1.27 bits per heavy atom. The Bertz CT molecular complexity index is 1220. The zero-order valence-corrected chi connectivity index (χ0v) is 17.8. The SMILES string of the molecule is CCc1cc2c(SCC(=O)NC(Cc3c[nH]c4ccccc34)C(=O)O)ncnc2s1. The molecule has 9 heteroatoms. The fourth-order valence-electron chi connectivity index (χ4n) is 3.26. The second kappa shape index (κ2) is 8.85. The van der Waals surface area contributed by atoms with Crippen LogP contribution in [0.2, 0.25) is 0 Å². The first-order chi connectivity index (χ1) is 14.5. The molecule has 3 heterocycles. The highest BCUT2D eigenvalue weighted by molar-refractivity contribution is 8.00. The lowest BCUT2D eigenvalue weighted by atomic mass is 10.1. The van der Waals surface area contributed by atoms with Gasteiger partial charge in [0.2, 0.25) is 5.91 Å². The molecule has 4 aromatic rings. The highest BCUT2D eigenvalue weighted by Crippen LogP contribution is 2.30. The average Bonchev–Trinajstić information content (AvgIpc) is 3.36. The third-order valence-corrected chi connectivity index (χ3v) is 6.96. The summed E-state index contributed by atoms with van der Waals surface area (Å²) in [4.78, 5) is 38.0. The van der Waals surface area contributed by atoms with E-state index in [9.17, 15) is 14.7 Å².